The van der Waals surface area contributed by atoms with Crippen molar-refractivity contribution < 1.29 is 14.3 Å². The molecule has 0 saturated carbocycles. The van der Waals surface area contributed by atoms with Crippen molar-refractivity contribution in [2.75, 3.05) is 5.32 Å². The quantitative estimate of drug-likeness (QED) is 0.566. The van der Waals surface area contributed by atoms with E-state index in [1.807, 2.05) is 47.5 Å². The number of amides is 2. The molecule has 2 amide bonds. The number of hydrogen-bond donors (Lipinski definition) is 1. The minimum absolute atomic E-state index is 0.0434. The number of benzene rings is 2. The molecule has 0 radical (unpaired) electrons. The normalized spacial score (nSPS) is 15.7. The maximum atomic E-state index is 12.4. The lowest BCUT2D eigenvalue weighted by molar-refractivity contribution is -0.129. The van der Waals surface area contributed by atoms with E-state index in [0.717, 1.165) is 23.1 Å². The van der Waals surface area contributed by atoms with Crippen molar-refractivity contribution in [2.24, 2.45) is 0 Å². The van der Waals surface area contributed by atoms with Crippen LogP contribution in [0.4, 0.5) is 10.5 Å². The molecule has 0 bridgehead atoms. The van der Waals surface area contributed by atoms with Crippen LogP contribution < -0.4 is 5.32 Å². The lowest BCUT2D eigenvalue weighted by atomic mass is 10.1. The van der Waals surface area contributed by atoms with Gasteiger partial charge < -0.3 is 9.64 Å². The van der Waals surface area contributed by atoms with Gasteiger partial charge in [-0.05, 0) is 53.4 Å². The maximum Gasteiger partial charge on any atom is 0.411 e. The first kappa shape index (κ1) is 20.9. The first-order valence-electron chi connectivity index (χ1n) is 10.0. The van der Waals surface area contributed by atoms with E-state index in [4.69, 9.17) is 16.3 Å². The van der Waals surface area contributed by atoms with E-state index in [1.54, 1.807) is 30.5 Å². The van der Waals surface area contributed by atoms with E-state index in [9.17, 15) is 9.59 Å². The fourth-order valence-electron chi connectivity index (χ4n) is 3.63. The fraction of sp³-hybridized carbons (Fsp3) is 0.208. The van der Waals surface area contributed by atoms with E-state index in [-0.39, 0.29) is 18.6 Å². The number of rotatable bonds is 6. The summed E-state index contributed by atoms with van der Waals surface area (Å²) in [5, 5.41) is 3.35. The van der Waals surface area contributed by atoms with Crippen LogP contribution in [0.2, 0.25) is 5.02 Å². The van der Waals surface area contributed by atoms with E-state index < -0.39 is 6.09 Å². The molecule has 3 aromatic rings. The fourth-order valence-corrected chi connectivity index (χ4v) is 3.75. The molecule has 1 fully saturated rings. The number of anilines is 1. The second-order valence-electron chi connectivity index (χ2n) is 7.39. The molecule has 31 heavy (non-hydrogen) atoms. The highest BCUT2D eigenvalue weighted by Crippen LogP contribution is 2.33. The van der Waals surface area contributed by atoms with Crippen LogP contribution >= 0.6 is 11.6 Å². The largest absolute Gasteiger partial charge is 0.444 e. The molecule has 4 rings (SSSR count). The summed E-state index contributed by atoms with van der Waals surface area (Å²) >= 11 is 5.85. The van der Waals surface area contributed by atoms with E-state index in [0.29, 0.717) is 23.7 Å². The molecule has 1 aliphatic rings. The molecule has 1 N–H and O–H groups in total. The Bertz CT molecular complexity index is 1040. The van der Waals surface area contributed by atoms with Gasteiger partial charge in [-0.25, -0.2) is 4.79 Å². The van der Waals surface area contributed by atoms with Crippen LogP contribution in [-0.2, 0) is 22.7 Å². The molecule has 0 spiro atoms. The number of pyridine rings is 1. The second kappa shape index (κ2) is 9.62. The second-order valence-corrected chi connectivity index (χ2v) is 7.82. The van der Waals surface area contributed by atoms with Crippen LogP contribution in [0.1, 0.15) is 35.6 Å². The predicted molar refractivity (Wildman–Crippen MR) is 118 cm³/mol. The van der Waals surface area contributed by atoms with Crippen LogP contribution in [0.15, 0.2) is 73.1 Å². The Morgan fingerprint density at radius 2 is 1.84 bits per heavy atom. The third-order valence-electron chi connectivity index (χ3n) is 5.23. The van der Waals surface area contributed by atoms with Crippen molar-refractivity contribution in [1.29, 1.82) is 0 Å². The monoisotopic (exact) mass is 435 g/mol. The molecule has 1 unspecified atom stereocenters. The maximum absolute atomic E-state index is 12.4. The van der Waals surface area contributed by atoms with E-state index >= 15 is 0 Å². The summed E-state index contributed by atoms with van der Waals surface area (Å²) in [6.07, 6.45) is 4.35. The molecule has 1 aromatic heterocycles. The Kier molecular flexibility index (Phi) is 6.48. The Hall–Kier alpha value is -3.38. The van der Waals surface area contributed by atoms with Crippen LogP contribution in [0.5, 0.6) is 0 Å². The van der Waals surface area contributed by atoms with Gasteiger partial charge >= 0.3 is 6.09 Å². The Morgan fingerprint density at radius 3 is 2.55 bits per heavy atom. The molecule has 1 aliphatic heterocycles. The van der Waals surface area contributed by atoms with Crippen LogP contribution in [0, 0.1) is 0 Å². The van der Waals surface area contributed by atoms with Gasteiger partial charge in [0.05, 0.1) is 6.04 Å². The molecule has 2 aromatic carbocycles. The lowest BCUT2D eigenvalue weighted by Gasteiger charge is -2.25. The van der Waals surface area contributed by atoms with Gasteiger partial charge in [0.15, 0.2) is 0 Å². The lowest BCUT2D eigenvalue weighted by Crippen LogP contribution is -2.27. The average molecular weight is 436 g/mol. The number of carbonyl (C=O) groups excluding carboxylic acids is 2. The van der Waals surface area contributed by atoms with Crippen molar-refractivity contribution >= 4 is 29.3 Å². The summed E-state index contributed by atoms with van der Waals surface area (Å²) in [5.41, 5.74) is 3.52. The van der Waals surface area contributed by atoms with Crippen LogP contribution in [0.25, 0.3) is 0 Å². The van der Waals surface area contributed by atoms with Gasteiger partial charge in [-0.1, -0.05) is 41.9 Å². The van der Waals surface area contributed by atoms with E-state index in [1.165, 1.54) is 0 Å². The number of hydrogen-bond acceptors (Lipinski definition) is 4. The molecule has 1 saturated heterocycles. The number of likely N-dealkylation sites (tertiary alicyclic amines) is 1. The van der Waals surface area contributed by atoms with Crippen molar-refractivity contribution in [3.63, 3.8) is 0 Å². The van der Waals surface area contributed by atoms with Gasteiger partial charge in [-0.3, -0.25) is 15.1 Å². The average Bonchev–Trinajstić information content (AvgIpc) is 3.15. The molecular formula is C24H22ClN3O3. The van der Waals surface area contributed by atoms with Gasteiger partial charge in [-0.15, -0.1) is 0 Å². The third kappa shape index (κ3) is 5.41. The minimum atomic E-state index is -0.533. The van der Waals surface area contributed by atoms with Gasteiger partial charge in [0.25, 0.3) is 0 Å². The molecule has 6 nitrogen and oxygen atoms in total. The minimum Gasteiger partial charge on any atom is -0.444 e. The highest BCUT2D eigenvalue weighted by atomic mass is 35.5. The summed E-state index contributed by atoms with van der Waals surface area (Å²) < 4.78 is 5.23. The summed E-state index contributed by atoms with van der Waals surface area (Å²) in [7, 11) is 0. The number of nitrogens with one attached hydrogen (secondary N) is 1. The highest BCUT2D eigenvalue weighted by Gasteiger charge is 2.32. The summed E-state index contributed by atoms with van der Waals surface area (Å²) in [5.74, 6) is 0.141. The molecule has 0 aliphatic carbocycles. The van der Waals surface area contributed by atoms with Gasteiger partial charge in [0.2, 0.25) is 5.91 Å². The van der Waals surface area contributed by atoms with Crippen LogP contribution in [0.3, 0.4) is 0 Å². The molecular weight excluding hydrogens is 414 g/mol. The van der Waals surface area contributed by atoms with Crippen molar-refractivity contribution in [3.8, 4) is 0 Å². The van der Waals surface area contributed by atoms with Gasteiger partial charge in [-0.2, -0.15) is 0 Å². The Morgan fingerprint density at radius 1 is 1.10 bits per heavy atom. The smallest absolute Gasteiger partial charge is 0.411 e. The van der Waals surface area contributed by atoms with Crippen LogP contribution in [-0.4, -0.2) is 21.9 Å². The zero-order valence-electron chi connectivity index (χ0n) is 16.8. The summed E-state index contributed by atoms with van der Waals surface area (Å²) in [4.78, 5) is 30.5. The molecule has 1 atom stereocenters. The first-order valence-corrected chi connectivity index (χ1v) is 10.4. The molecule has 158 valence electrons. The molecule has 2 heterocycles. The van der Waals surface area contributed by atoms with Crippen molar-refractivity contribution in [1.82, 2.24) is 9.88 Å². The zero-order valence-corrected chi connectivity index (χ0v) is 17.6. The number of halogens is 1. The summed E-state index contributed by atoms with van der Waals surface area (Å²) in [6.45, 7) is 0.674. The number of nitrogens with zero attached hydrogens (tertiary/aromatic N) is 2. The predicted octanol–water partition coefficient (Wildman–Crippen LogP) is 5.35. The topological polar surface area (TPSA) is 71.5 Å². The van der Waals surface area contributed by atoms with Gasteiger partial charge in [0, 0.05) is 36.1 Å². The summed E-state index contributed by atoms with van der Waals surface area (Å²) in [6, 6.07) is 18.5. The van der Waals surface area contributed by atoms with Crippen molar-refractivity contribution in [3.05, 3.63) is 94.8 Å². The third-order valence-corrected chi connectivity index (χ3v) is 5.49. The zero-order chi connectivity index (χ0) is 21.6. The Labute approximate surface area is 185 Å². The standard InChI is InChI=1S/C24H22ClN3O3/c25-20-7-3-18(4-8-20)16-31-24(30)27-21-9-5-17(6-10-21)15-28-22(11-12-23(28)29)19-2-1-13-26-14-19/h1-10,13-14,22H,11-12,15-16H2,(H,27,30). The SMILES string of the molecule is O=C(Nc1ccc(CN2C(=O)CCC2c2cccnc2)cc1)OCc1ccc(Cl)cc1. The van der Waals surface area contributed by atoms with Gasteiger partial charge in [0.1, 0.15) is 6.61 Å². The number of ether oxygens (including phenoxy) is 1. The first-order chi connectivity index (χ1) is 15.1. The molecule has 7 heteroatoms. The Balaban J connectivity index is 1.33. The number of aromatic nitrogens is 1. The number of carbonyl (C=O) groups is 2. The van der Waals surface area contributed by atoms with E-state index in [2.05, 4.69) is 10.3 Å². The van der Waals surface area contributed by atoms with Crippen molar-refractivity contribution in [2.45, 2.75) is 32.0 Å². The highest BCUT2D eigenvalue weighted by molar-refractivity contribution is 6.30.